The lowest BCUT2D eigenvalue weighted by molar-refractivity contribution is -0.378. The van der Waals surface area contributed by atoms with Crippen LogP contribution in [0, 0.1) is 0 Å². The van der Waals surface area contributed by atoms with Crippen LogP contribution in [-0.2, 0) is 129 Å². The molecule has 3 heterocycles. The first kappa shape index (κ1) is 55.3. The van der Waals surface area contributed by atoms with E-state index in [1.165, 1.54) is 0 Å². The van der Waals surface area contributed by atoms with Crippen molar-refractivity contribution in [2.75, 3.05) is 19.8 Å². The molecule has 0 spiro atoms. The second-order valence-electron chi connectivity index (χ2n) is 14.9. The zero-order chi connectivity index (χ0) is 50.4. The van der Waals surface area contributed by atoms with Gasteiger partial charge in [-0.3, -0.25) is 52.7 Å². The minimum Gasteiger partial charge on any atom is -0.463 e. The Morgan fingerprint density at radius 3 is 0.776 bits per heavy atom. The average molecular weight is 967 g/mol. The highest BCUT2D eigenvalue weighted by atomic mass is 16.8. The summed E-state index contributed by atoms with van der Waals surface area (Å²) >= 11 is 0. The molecule has 3 rings (SSSR count). The summed E-state index contributed by atoms with van der Waals surface area (Å²) in [6, 6.07) is 0. The summed E-state index contributed by atoms with van der Waals surface area (Å²) in [5.74, 6) is -10.7. The van der Waals surface area contributed by atoms with Gasteiger partial charge in [0.05, 0.1) is 0 Å². The van der Waals surface area contributed by atoms with Gasteiger partial charge in [-0.1, -0.05) is 0 Å². The van der Waals surface area contributed by atoms with E-state index in [1.54, 1.807) is 0 Å². The van der Waals surface area contributed by atoms with Gasteiger partial charge >= 0.3 is 65.7 Å². The third-order valence-electron chi connectivity index (χ3n) is 9.11. The molecule has 3 aliphatic heterocycles. The number of hydrogen-bond donors (Lipinski definition) is 0. The van der Waals surface area contributed by atoms with Crippen LogP contribution in [0.1, 0.15) is 76.2 Å². The van der Waals surface area contributed by atoms with Crippen LogP contribution in [0.15, 0.2) is 0 Å². The minimum absolute atomic E-state index is 0.691. The second kappa shape index (κ2) is 25.2. The van der Waals surface area contributed by atoms with Crippen molar-refractivity contribution in [3.63, 3.8) is 0 Å². The van der Waals surface area contributed by atoms with E-state index in [1.807, 2.05) is 0 Å². The van der Waals surface area contributed by atoms with Gasteiger partial charge in [-0.25, -0.2) is 0 Å². The van der Waals surface area contributed by atoms with Gasteiger partial charge in [-0.2, -0.15) is 0 Å². The Balaban J connectivity index is 2.31. The quantitative estimate of drug-likeness (QED) is 0.114. The lowest BCUT2D eigenvalue weighted by Crippen LogP contribution is -2.69. The van der Waals surface area contributed by atoms with Crippen molar-refractivity contribution in [3.05, 3.63) is 0 Å². The van der Waals surface area contributed by atoms with E-state index in [-0.39, 0.29) is 0 Å². The molecule has 0 bridgehead atoms. The Hall–Kier alpha value is -6.03. The molecule has 0 aromatic heterocycles. The SMILES string of the molecule is CC(=O)OCC1OC(OC2C(COC(C)=O)OC(OC3C(COC(C)=O)OC(OC(C)=O)C(OC(C)=O)C3OC(C)=O)C(OC(C)=O)C2OC(C)=O)C(OC(C)=O)C(OC(C)=O)C1OC(C)=O. The summed E-state index contributed by atoms with van der Waals surface area (Å²) in [4.78, 5) is 137. The Kier molecular flexibility index (Phi) is 20.8. The molecule has 0 aromatic carbocycles. The van der Waals surface area contributed by atoms with Crippen molar-refractivity contribution in [2.24, 2.45) is 0 Å². The fourth-order valence-electron chi connectivity index (χ4n) is 7.01. The molecular formula is C40H54O27. The molecule has 3 aliphatic rings. The lowest BCUT2D eigenvalue weighted by atomic mass is 9.95. The average Bonchev–Trinajstić information content (AvgIpc) is 3.17. The first-order chi connectivity index (χ1) is 31.3. The summed E-state index contributed by atoms with van der Waals surface area (Å²) < 4.78 is 90.4. The monoisotopic (exact) mass is 966 g/mol. The molecule has 0 aliphatic carbocycles. The molecular weight excluding hydrogens is 912 g/mol. The van der Waals surface area contributed by atoms with Crippen molar-refractivity contribution >= 4 is 65.7 Å². The molecule has 0 aromatic rings. The number of carbonyl (C=O) groups is 11. The zero-order valence-corrected chi connectivity index (χ0v) is 38.3. The Morgan fingerprint density at radius 1 is 0.269 bits per heavy atom. The maximum Gasteiger partial charge on any atom is 0.305 e. The van der Waals surface area contributed by atoms with Crippen LogP contribution in [0.25, 0.3) is 0 Å². The van der Waals surface area contributed by atoms with E-state index in [2.05, 4.69) is 0 Å². The third-order valence-corrected chi connectivity index (χ3v) is 9.11. The first-order valence-electron chi connectivity index (χ1n) is 20.3. The molecule has 0 amide bonds. The maximum absolute atomic E-state index is 13.0. The molecule has 0 radical (unpaired) electrons. The minimum atomic E-state index is -2.06. The number of hydrogen-bond acceptors (Lipinski definition) is 27. The fraction of sp³-hybridized carbons (Fsp3) is 0.725. The molecule has 27 nitrogen and oxygen atoms in total. The second-order valence-corrected chi connectivity index (χ2v) is 14.9. The fourth-order valence-corrected chi connectivity index (χ4v) is 7.01. The highest BCUT2D eigenvalue weighted by Crippen LogP contribution is 2.38. The van der Waals surface area contributed by atoms with E-state index < -0.39 is 178 Å². The van der Waals surface area contributed by atoms with Crippen molar-refractivity contribution in [1.29, 1.82) is 0 Å². The maximum atomic E-state index is 13.0. The molecule has 67 heavy (non-hydrogen) atoms. The van der Waals surface area contributed by atoms with Gasteiger partial charge in [0, 0.05) is 76.2 Å². The molecule has 3 fully saturated rings. The molecule has 3 saturated heterocycles. The summed E-state index contributed by atoms with van der Waals surface area (Å²) in [6.07, 6.45) is -27.3. The van der Waals surface area contributed by atoms with Crippen LogP contribution in [0.5, 0.6) is 0 Å². The Morgan fingerprint density at radius 2 is 0.493 bits per heavy atom. The molecule has 27 heteroatoms. The van der Waals surface area contributed by atoms with E-state index in [0.29, 0.717) is 0 Å². The third kappa shape index (κ3) is 17.0. The zero-order valence-electron chi connectivity index (χ0n) is 38.3. The standard InChI is InChI=1S/C40H54O27/c1-15(41)52-12-26-29(55-18(4)44)32(56-19(5)45)36(60-23(9)49)39(64-26)67-31-28(14-54-17(3)43)65-40(37(61-24(10)50)34(31)58-21(7)47)66-30-27(13-53-16(2)42)63-38(62-25(11)51)35(59-22(8)48)33(30)57-20(6)46/h26-40H,12-14H2,1-11H3. The first-order valence-corrected chi connectivity index (χ1v) is 20.3. The largest absolute Gasteiger partial charge is 0.463 e. The van der Waals surface area contributed by atoms with Crippen molar-refractivity contribution < 1.29 is 129 Å². The summed E-state index contributed by atoms with van der Waals surface area (Å²) in [5, 5.41) is 0. The van der Waals surface area contributed by atoms with E-state index in [9.17, 15) is 52.7 Å². The van der Waals surface area contributed by atoms with Gasteiger partial charge in [0.25, 0.3) is 0 Å². The Bertz CT molecular complexity index is 1850. The molecule has 15 atom stereocenters. The summed E-state index contributed by atoms with van der Waals surface area (Å²) in [5.41, 5.74) is 0. The van der Waals surface area contributed by atoms with Crippen LogP contribution >= 0.6 is 0 Å². The van der Waals surface area contributed by atoms with Crippen LogP contribution in [0.2, 0.25) is 0 Å². The highest BCUT2D eigenvalue weighted by molar-refractivity contribution is 5.70. The molecule has 15 unspecified atom stereocenters. The highest BCUT2D eigenvalue weighted by Gasteiger charge is 2.60. The van der Waals surface area contributed by atoms with Gasteiger partial charge < -0.3 is 75.8 Å². The van der Waals surface area contributed by atoms with E-state index >= 15 is 0 Å². The summed E-state index contributed by atoms with van der Waals surface area (Å²) in [7, 11) is 0. The van der Waals surface area contributed by atoms with Crippen molar-refractivity contribution in [2.45, 2.75) is 168 Å². The van der Waals surface area contributed by atoms with Crippen LogP contribution in [0.4, 0.5) is 0 Å². The molecule has 0 saturated carbocycles. The number of rotatable bonds is 18. The number of esters is 11. The van der Waals surface area contributed by atoms with Gasteiger partial charge in [0.2, 0.25) is 12.4 Å². The smallest absolute Gasteiger partial charge is 0.305 e. The van der Waals surface area contributed by atoms with Crippen LogP contribution < -0.4 is 0 Å². The number of ether oxygens (including phenoxy) is 16. The van der Waals surface area contributed by atoms with E-state index in [4.69, 9.17) is 75.8 Å². The van der Waals surface area contributed by atoms with Crippen molar-refractivity contribution in [1.82, 2.24) is 0 Å². The predicted octanol–water partition coefficient (Wildman–Crippen LogP) is -1.29. The lowest BCUT2D eigenvalue weighted by Gasteiger charge is -2.50. The van der Waals surface area contributed by atoms with Gasteiger partial charge in [0.15, 0.2) is 49.2 Å². The number of carbonyl (C=O) groups excluding carboxylic acids is 11. The van der Waals surface area contributed by atoms with E-state index in [0.717, 1.165) is 76.2 Å². The van der Waals surface area contributed by atoms with Gasteiger partial charge in [-0.05, 0) is 0 Å². The van der Waals surface area contributed by atoms with Gasteiger partial charge in [-0.15, -0.1) is 0 Å². The van der Waals surface area contributed by atoms with Crippen LogP contribution in [0.3, 0.4) is 0 Å². The van der Waals surface area contributed by atoms with Gasteiger partial charge in [0.1, 0.15) is 50.3 Å². The van der Waals surface area contributed by atoms with Crippen LogP contribution in [-0.4, -0.2) is 178 Å². The normalized spacial score (nSPS) is 31.2. The molecule has 0 N–H and O–H groups in total. The Labute approximate surface area is 382 Å². The van der Waals surface area contributed by atoms with Crippen molar-refractivity contribution in [3.8, 4) is 0 Å². The molecule has 376 valence electrons. The topological polar surface area (TPSA) is 335 Å². The summed E-state index contributed by atoms with van der Waals surface area (Å²) in [6.45, 7) is 8.53. The predicted molar refractivity (Wildman–Crippen MR) is 206 cm³/mol.